The number of pyridine rings is 1. The summed E-state index contributed by atoms with van der Waals surface area (Å²) in [6.45, 7) is 11.1. The van der Waals surface area contributed by atoms with Crippen LogP contribution in [0.25, 0.3) is 72.3 Å². The molecule has 10 rings (SSSR count). The molecule has 0 amide bonds. The van der Waals surface area contributed by atoms with Crippen LogP contribution in [0, 0.1) is 25.4 Å². The third-order valence-corrected chi connectivity index (χ3v) is 11.5. The number of fused-ring (bicyclic) bond motifs is 4. The van der Waals surface area contributed by atoms with Crippen molar-refractivity contribution in [2.75, 3.05) is 0 Å². The van der Waals surface area contributed by atoms with Gasteiger partial charge in [-0.05, 0) is 87.0 Å². The van der Waals surface area contributed by atoms with Crippen LogP contribution in [0.3, 0.4) is 0 Å². The molecule has 5 nitrogen and oxygen atoms in total. The van der Waals surface area contributed by atoms with Crippen LogP contribution in [0.15, 0.2) is 164 Å². The fourth-order valence-electron chi connectivity index (χ4n) is 8.39. The van der Waals surface area contributed by atoms with Crippen LogP contribution in [0.2, 0.25) is 0 Å². The number of aromatic nitrogens is 4. The smallest absolute Gasteiger partial charge is 0.268 e. The van der Waals surface area contributed by atoms with Crippen molar-refractivity contribution in [1.82, 2.24) is 14.1 Å². The number of rotatable bonds is 8. The average Bonchev–Trinajstić information content (AvgIpc) is 3.83. The molecule has 0 aliphatic rings. The van der Waals surface area contributed by atoms with Crippen LogP contribution in [0.5, 0.6) is 11.5 Å². The molecule has 0 spiro atoms. The van der Waals surface area contributed by atoms with Gasteiger partial charge in [-0.25, -0.2) is 4.98 Å². The van der Waals surface area contributed by atoms with E-state index in [1.54, 1.807) is 0 Å². The van der Waals surface area contributed by atoms with Crippen molar-refractivity contribution in [3.8, 4) is 50.9 Å². The molecule has 0 N–H and O–H groups in total. The van der Waals surface area contributed by atoms with Gasteiger partial charge >= 0.3 is 0 Å². The first kappa shape index (κ1) is 39.9. The van der Waals surface area contributed by atoms with Crippen LogP contribution >= 0.6 is 0 Å². The topological polar surface area (TPSA) is 35.9 Å². The molecule has 0 aliphatic carbocycles. The quantitative estimate of drug-likeness (QED) is 0.112. The molecule has 0 aliphatic heterocycles. The van der Waals surface area contributed by atoms with E-state index in [1.807, 2.05) is 24.4 Å². The van der Waals surface area contributed by atoms with Crippen molar-refractivity contribution in [2.45, 2.75) is 46.5 Å². The summed E-state index contributed by atoms with van der Waals surface area (Å²) >= 11 is 0. The molecule has 0 fully saturated rings. The molecule has 3 aromatic heterocycles. The van der Waals surface area contributed by atoms with E-state index in [0.717, 1.165) is 78.9 Å². The normalized spacial score (nSPS) is 11.6. The van der Waals surface area contributed by atoms with E-state index in [9.17, 15) is 0 Å². The molecule has 61 heavy (non-hydrogen) atoms. The van der Waals surface area contributed by atoms with Gasteiger partial charge in [0.2, 0.25) is 0 Å². The minimum absolute atomic E-state index is 0. The van der Waals surface area contributed by atoms with Gasteiger partial charge in [0.25, 0.3) is 6.33 Å². The third kappa shape index (κ3) is 7.28. The Morgan fingerprint density at radius 1 is 0.656 bits per heavy atom. The summed E-state index contributed by atoms with van der Waals surface area (Å²) in [5, 5.41) is 2.27. The summed E-state index contributed by atoms with van der Waals surface area (Å²) in [4.78, 5) is 4.85. The van der Waals surface area contributed by atoms with Crippen molar-refractivity contribution in [2.24, 2.45) is 0 Å². The Bertz CT molecular complexity index is 3150. The molecular weight excluding hydrogens is 928 g/mol. The van der Waals surface area contributed by atoms with Crippen molar-refractivity contribution in [3.05, 3.63) is 199 Å². The Balaban J connectivity index is 0.00000476. The monoisotopic (exact) mass is 971 g/mol. The number of hydrogen-bond donors (Lipinski definition) is 0. The molecule has 10 aromatic rings. The fraction of sp³-hybridized carbons (Fsp3) is 0.127. The van der Waals surface area contributed by atoms with Gasteiger partial charge < -0.3 is 13.9 Å². The largest absolute Gasteiger partial charge is 0.510 e. The van der Waals surface area contributed by atoms with Crippen LogP contribution in [-0.4, -0.2) is 14.1 Å². The number of nitrogens with zero attached hydrogens (tertiary/aromatic N) is 4. The van der Waals surface area contributed by atoms with Gasteiger partial charge in [0.05, 0.1) is 16.7 Å². The van der Waals surface area contributed by atoms with E-state index in [4.69, 9.17) is 9.72 Å². The zero-order valence-corrected chi connectivity index (χ0v) is 37.1. The number of benzene rings is 7. The Labute approximate surface area is 371 Å². The standard InChI is InChI=1S/C55H44N4O.Pt/c1-6-38-30-31-56-52(32-38)59-49-29-26-41(55(3,4)5)33-48(49)47-28-27-44(35-51(47)59)60-43-22-14-21-42(34-43)57-36-58(53-37(2)16-13-25-50(53)57)54-45(39-17-9-7-10-18-39)23-15-24-46(54)40-19-11-8-12-20-40;/h7-33H,6H2,1-5H3;/q-2;. The molecule has 0 bridgehead atoms. The maximum absolute atomic E-state index is 6.66. The summed E-state index contributed by atoms with van der Waals surface area (Å²) in [6, 6.07) is 62.6. The van der Waals surface area contributed by atoms with E-state index in [0.29, 0.717) is 11.5 Å². The predicted octanol–water partition coefficient (Wildman–Crippen LogP) is 13.1. The van der Waals surface area contributed by atoms with Crippen LogP contribution < -0.4 is 9.30 Å². The number of para-hydroxylation sites is 2. The maximum atomic E-state index is 6.66. The maximum Gasteiger partial charge on any atom is 0.268 e. The molecule has 3 heterocycles. The minimum Gasteiger partial charge on any atom is -0.510 e. The Kier molecular flexibility index (Phi) is 10.6. The van der Waals surface area contributed by atoms with Gasteiger partial charge in [0.1, 0.15) is 5.82 Å². The molecule has 302 valence electrons. The molecule has 7 aromatic carbocycles. The van der Waals surface area contributed by atoms with Crippen LogP contribution in [-0.2, 0) is 32.9 Å². The van der Waals surface area contributed by atoms with E-state index >= 15 is 0 Å². The number of imidazole rings is 1. The first-order valence-electron chi connectivity index (χ1n) is 20.6. The first-order valence-corrected chi connectivity index (χ1v) is 20.6. The summed E-state index contributed by atoms with van der Waals surface area (Å²) in [5.74, 6) is 2.04. The summed E-state index contributed by atoms with van der Waals surface area (Å²) in [6.07, 6.45) is 6.61. The molecule has 0 radical (unpaired) electrons. The van der Waals surface area contributed by atoms with E-state index < -0.39 is 0 Å². The van der Waals surface area contributed by atoms with Gasteiger partial charge in [-0.15, -0.1) is 29.7 Å². The van der Waals surface area contributed by atoms with E-state index in [-0.39, 0.29) is 26.5 Å². The van der Waals surface area contributed by atoms with Crippen molar-refractivity contribution in [3.63, 3.8) is 0 Å². The third-order valence-electron chi connectivity index (χ3n) is 11.5. The van der Waals surface area contributed by atoms with Gasteiger partial charge in [0, 0.05) is 44.3 Å². The average molecular weight is 972 g/mol. The molecule has 0 unspecified atom stereocenters. The van der Waals surface area contributed by atoms with Gasteiger partial charge in [0.15, 0.2) is 0 Å². The van der Waals surface area contributed by atoms with Gasteiger partial charge in [-0.2, -0.15) is 18.2 Å². The van der Waals surface area contributed by atoms with Crippen molar-refractivity contribution >= 4 is 32.8 Å². The van der Waals surface area contributed by atoms with Crippen molar-refractivity contribution < 1.29 is 30.4 Å². The van der Waals surface area contributed by atoms with Gasteiger partial charge in [-0.1, -0.05) is 142 Å². The minimum atomic E-state index is 0. The second-order valence-electron chi connectivity index (χ2n) is 16.4. The molecule has 0 saturated carbocycles. The zero-order chi connectivity index (χ0) is 41.0. The van der Waals surface area contributed by atoms with Crippen LogP contribution in [0.4, 0.5) is 0 Å². The fourth-order valence-corrected chi connectivity index (χ4v) is 8.39. The molecular formula is C55H44N4OPt-2. The Hall–Kier alpha value is -6.55. The summed E-state index contributed by atoms with van der Waals surface area (Å²) in [5.41, 5.74) is 14.1. The van der Waals surface area contributed by atoms with Crippen molar-refractivity contribution in [1.29, 1.82) is 0 Å². The molecule has 0 saturated heterocycles. The molecule has 6 heteroatoms. The number of aryl methyl sites for hydroxylation is 2. The SMILES string of the molecule is CCc1ccnc(-n2c3[c-]c(Oc4[c-]c(-n5[c-][n+](-c6c(-c7ccccc7)cccc6-c6ccccc6)c6c(C)cccc65)ccc4)ccc3c3cc(C(C)(C)C)ccc32)c1.[Pt]. The number of hydrogen-bond acceptors (Lipinski definition) is 2. The Morgan fingerprint density at radius 3 is 2.05 bits per heavy atom. The summed E-state index contributed by atoms with van der Waals surface area (Å²) < 4.78 is 13.2. The number of ether oxygens (including phenoxy) is 1. The zero-order valence-electron chi connectivity index (χ0n) is 34.8. The Morgan fingerprint density at radius 2 is 1.34 bits per heavy atom. The second kappa shape index (κ2) is 16.1. The first-order chi connectivity index (χ1) is 29.2. The summed E-state index contributed by atoms with van der Waals surface area (Å²) in [7, 11) is 0. The predicted molar refractivity (Wildman–Crippen MR) is 244 cm³/mol. The molecule has 0 atom stereocenters. The van der Waals surface area contributed by atoms with Gasteiger partial charge in [-0.3, -0.25) is 4.57 Å². The second-order valence-corrected chi connectivity index (χ2v) is 16.4. The van der Waals surface area contributed by atoms with Crippen LogP contribution in [0.1, 0.15) is 44.4 Å². The van der Waals surface area contributed by atoms with E-state index in [2.05, 4.69) is 206 Å². The van der Waals surface area contributed by atoms with E-state index in [1.165, 1.54) is 16.5 Å².